The summed E-state index contributed by atoms with van der Waals surface area (Å²) >= 11 is 0. The SMILES string of the molecule is COc1cc2c3cc(c(OC)cc3n1)/C=C/CC(C)(C)COC(=O)C[C@H]1CCCCC/C=C\[C@@H]3C[C@@]3(C(=O)NS(=O)(=O)C3CC3)CC(=O)[C@@H]3C[C@H](CN3C1=O)O2. The molecular weight excluding hydrogens is 739 g/mol. The number of hydrogen-bond acceptors (Lipinski definition) is 11. The average molecular weight is 792 g/mol. The van der Waals surface area contributed by atoms with E-state index in [2.05, 4.69) is 9.71 Å². The third kappa shape index (κ3) is 8.59. The molecule has 5 bridgehead atoms. The molecule has 1 saturated heterocycles. The highest BCUT2D eigenvalue weighted by Gasteiger charge is 2.61. The number of hydrogen-bond donors (Lipinski definition) is 1. The maximum atomic E-state index is 14.7. The number of methoxy groups -OCH3 is 2. The quantitative estimate of drug-likeness (QED) is 0.292. The fourth-order valence-corrected chi connectivity index (χ4v) is 9.71. The number of benzene rings is 1. The van der Waals surface area contributed by atoms with Gasteiger partial charge in [-0.2, -0.15) is 0 Å². The fourth-order valence-electron chi connectivity index (χ4n) is 8.33. The molecule has 5 aliphatic rings. The van der Waals surface area contributed by atoms with Crippen molar-refractivity contribution in [2.45, 2.75) is 108 Å². The van der Waals surface area contributed by atoms with E-state index in [1.54, 1.807) is 19.2 Å². The van der Waals surface area contributed by atoms with Crippen LogP contribution in [0.3, 0.4) is 0 Å². The number of amides is 2. The maximum Gasteiger partial charge on any atom is 0.306 e. The third-order valence-electron chi connectivity index (χ3n) is 11.9. The molecule has 5 atom stereocenters. The molecular formula is C42H53N3O10S. The van der Waals surface area contributed by atoms with Crippen LogP contribution in [0.1, 0.15) is 96.5 Å². The minimum Gasteiger partial charge on any atom is -0.496 e. The minimum absolute atomic E-state index is 0.0570. The topological polar surface area (TPSA) is 167 Å². The number of aromatic nitrogens is 1. The van der Waals surface area contributed by atoms with E-state index < -0.39 is 56.0 Å². The minimum atomic E-state index is -3.85. The van der Waals surface area contributed by atoms with Gasteiger partial charge in [-0.3, -0.25) is 23.9 Å². The van der Waals surface area contributed by atoms with Crippen LogP contribution in [0.2, 0.25) is 0 Å². The largest absolute Gasteiger partial charge is 0.496 e. The zero-order chi connectivity index (χ0) is 39.8. The number of cyclic esters (lactones) is 1. The van der Waals surface area contributed by atoms with Crippen molar-refractivity contribution in [1.82, 2.24) is 14.6 Å². The monoisotopic (exact) mass is 791 g/mol. The fraction of sp³-hybridized carbons (Fsp3) is 0.595. The van der Waals surface area contributed by atoms with Gasteiger partial charge in [-0.1, -0.05) is 51.0 Å². The van der Waals surface area contributed by atoms with Crippen LogP contribution in [-0.4, -0.2) is 86.6 Å². The standard InChI is InChI=1S/C42H53N3O10S/c1-41(2)16-10-12-26-17-31-32(20-35(26)52-3)43-37(53-4)21-36(31)55-29-19-33-34(46)23-42(40(49)44-56(50,51)30-14-15-30)22-28(42)13-9-7-5-6-8-11-27(18-38(47)54-25-41)39(48)45(33)24-29/h9-10,12-13,17,20-21,27-30,33H,5-8,11,14-16,18-19,22-25H2,1-4H3,(H,44,49)/b12-10+,13-9-/t27-,28-,29-,33+,42-/m1/s1. The van der Waals surface area contributed by atoms with E-state index in [9.17, 15) is 27.6 Å². The first-order chi connectivity index (χ1) is 26.7. The Balaban J connectivity index is 1.28. The summed E-state index contributed by atoms with van der Waals surface area (Å²) in [6.07, 6.45) is 12.5. The van der Waals surface area contributed by atoms with Gasteiger partial charge in [0.1, 0.15) is 17.6 Å². The van der Waals surface area contributed by atoms with E-state index in [-0.39, 0.29) is 50.0 Å². The van der Waals surface area contributed by atoms with Crippen LogP contribution >= 0.6 is 0 Å². The van der Waals surface area contributed by atoms with E-state index in [1.165, 1.54) is 12.0 Å². The summed E-state index contributed by atoms with van der Waals surface area (Å²) in [6, 6.07) is 4.44. The molecule has 3 aliphatic heterocycles. The number of sulfonamides is 1. The Morgan fingerprint density at radius 3 is 2.57 bits per heavy atom. The molecule has 56 heavy (non-hydrogen) atoms. The van der Waals surface area contributed by atoms with Crippen molar-refractivity contribution in [1.29, 1.82) is 0 Å². The number of ether oxygens (including phenoxy) is 4. The number of nitrogens with zero attached hydrogens (tertiary/aromatic N) is 2. The smallest absolute Gasteiger partial charge is 0.306 e. The number of pyridine rings is 1. The Bertz CT molecular complexity index is 2060. The van der Waals surface area contributed by atoms with Crippen LogP contribution < -0.4 is 18.9 Å². The summed E-state index contributed by atoms with van der Waals surface area (Å²) in [5, 5.41) is 0.0826. The van der Waals surface area contributed by atoms with E-state index in [0.717, 1.165) is 24.8 Å². The molecule has 0 unspecified atom stereocenters. The number of rotatable bonds is 5. The molecule has 0 spiro atoms. The van der Waals surface area contributed by atoms with Gasteiger partial charge in [0.2, 0.25) is 27.7 Å². The van der Waals surface area contributed by atoms with Crippen LogP contribution in [0.15, 0.2) is 36.4 Å². The molecule has 1 aromatic heterocycles. The van der Waals surface area contributed by atoms with E-state index in [1.807, 2.05) is 44.2 Å². The highest BCUT2D eigenvalue weighted by atomic mass is 32.2. The highest BCUT2D eigenvalue weighted by Crippen LogP contribution is 2.57. The van der Waals surface area contributed by atoms with Gasteiger partial charge < -0.3 is 23.8 Å². The van der Waals surface area contributed by atoms with Crippen LogP contribution in [0.4, 0.5) is 0 Å². The molecule has 4 heterocycles. The predicted octanol–water partition coefficient (Wildman–Crippen LogP) is 5.69. The van der Waals surface area contributed by atoms with Crippen LogP contribution in [0.25, 0.3) is 17.0 Å². The summed E-state index contributed by atoms with van der Waals surface area (Å²) < 4.78 is 51.9. The van der Waals surface area contributed by atoms with Gasteiger partial charge in [-0.15, -0.1) is 0 Å². The van der Waals surface area contributed by atoms with Crippen LogP contribution in [-0.2, 0) is 33.9 Å². The van der Waals surface area contributed by atoms with Crippen molar-refractivity contribution in [3.63, 3.8) is 0 Å². The molecule has 14 heteroatoms. The summed E-state index contributed by atoms with van der Waals surface area (Å²) in [5.41, 5.74) is -0.316. The Kier molecular flexibility index (Phi) is 11.2. The molecule has 3 fully saturated rings. The molecule has 0 radical (unpaired) electrons. The van der Waals surface area contributed by atoms with Crippen molar-refractivity contribution in [3.05, 3.63) is 42.0 Å². The second-order valence-electron chi connectivity index (χ2n) is 16.9. The lowest BCUT2D eigenvalue weighted by molar-refractivity contribution is -0.152. The molecule has 1 N–H and O–H groups in total. The zero-order valence-electron chi connectivity index (χ0n) is 32.7. The van der Waals surface area contributed by atoms with Gasteiger partial charge in [0, 0.05) is 47.3 Å². The van der Waals surface area contributed by atoms with Gasteiger partial charge in [-0.25, -0.2) is 13.4 Å². The second-order valence-corrected chi connectivity index (χ2v) is 18.9. The third-order valence-corrected chi connectivity index (χ3v) is 13.8. The molecule has 1 aromatic carbocycles. The number of nitrogens with one attached hydrogen (secondary N) is 1. The molecule has 302 valence electrons. The van der Waals surface area contributed by atoms with Crippen molar-refractivity contribution in [2.24, 2.45) is 22.7 Å². The van der Waals surface area contributed by atoms with Crippen molar-refractivity contribution in [3.8, 4) is 17.4 Å². The first-order valence-electron chi connectivity index (χ1n) is 19.8. The first-order valence-corrected chi connectivity index (χ1v) is 21.4. The number of carbonyl (C=O) groups excluding carboxylic acids is 4. The second kappa shape index (κ2) is 15.8. The van der Waals surface area contributed by atoms with Crippen LogP contribution in [0, 0.1) is 22.7 Å². The summed E-state index contributed by atoms with van der Waals surface area (Å²) in [4.78, 5) is 62.8. The van der Waals surface area contributed by atoms with Gasteiger partial charge in [-0.05, 0) is 56.9 Å². The normalized spacial score (nSPS) is 29.8. The summed E-state index contributed by atoms with van der Waals surface area (Å²) in [7, 11) is -0.762. The number of carbonyl (C=O) groups is 4. The lowest BCUT2D eigenvalue weighted by atomic mass is 9.89. The average Bonchev–Trinajstić information content (AvgIpc) is 4.09. The Hall–Kier alpha value is -4.46. The summed E-state index contributed by atoms with van der Waals surface area (Å²) in [5.74, 6) is -1.53. The first kappa shape index (κ1) is 39.8. The van der Waals surface area contributed by atoms with Crippen molar-refractivity contribution >= 4 is 50.6 Å². The maximum absolute atomic E-state index is 14.7. The number of Topliss-reactive ketones (excluding diaryl/α,β-unsaturated/α-hetero) is 1. The number of fused-ring (bicyclic) bond motifs is 4. The lowest BCUT2D eigenvalue weighted by Gasteiger charge is -2.29. The Labute approximate surface area is 328 Å². The molecule has 2 saturated carbocycles. The molecule has 2 aromatic rings. The van der Waals surface area contributed by atoms with Gasteiger partial charge in [0.05, 0.1) is 56.0 Å². The lowest BCUT2D eigenvalue weighted by Crippen LogP contribution is -2.46. The number of ketones is 1. The molecule has 2 aliphatic carbocycles. The molecule has 13 nitrogen and oxygen atoms in total. The zero-order valence-corrected chi connectivity index (χ0v) is 33.5. The molecule has 2 amide bonds. The van der Waals surface area contributed by atoms with Crippen molar-refractivity contribution in [2.75, 3.05) is 27.4 Å². The number of esters is 1. The van der Waals surface area contributed by atoms with Gasteiger partial charge in [0.15, 0.2) is 5.78 Å². The van der Waals surface area contributed by atoms with E-state index in [4.69, 9.17) is 18.9 Å². The Morgan fingerprint density at radius 2 is 1.82 bits per heavy atom. The van der Waals surface area contributed by atoms with E-state index in [0.29, 0.717) is 66.8 Å². The number of allylic oxidation sites excluding steroid dienone is 3. The highest BCUT2D eigenvalue weighted by molar-refractivity contribution is 7.90. The van der Waals surface area contributed by atoms with Gasteiger partial charge in [0.25, 0.3) is 0 Å². The summed E-state index contributed by atoms with van der Waals surface area (Å²) in [6.45, 7) is 4.22. The predicted molar refractivity (Wildman–Crippen MR) is 208 cm³/mol. The van der Waals surface area contributed by atoms with Crippen molar-refractivity contribution < 1.29 is 46.5 Å². The van der Waals surface area contributed by atoms with Crippen LogP contribution in [0.5, 0.6) is 17.4 Å². The van der Waals surface area contributed by atoms with E-state index >= 15 is 0 Å². The Morgan fingerprint density at radius 1 is 1.02 bits per heavy atom. The van der Waals surface area contributed by atoms with Gasteiger partial charge >= 0.3 is 5.97 Å². The molecule has 7 rings (SSSR count).